The second-order valence-electron chi connectivity index (χ2n) is 5.70. The van der Waals surface area contributed by atoms with Crippen LogP contribution in [0.1, 0.15) is 71.1 Å². The summed E-state index contributed by atoms with van der Waals surface area (Å²) in [6, 6.07) is 0. The molecule has 0 aromatic rings. The Morgan fingerprint density at radius 2 is 1.12 bits per heavy atom. The van der Waals surface area contributed by atoms with Crippen molar-refractivity contribution in [2.45, 2.75) is 71.1 Å². The molecule has 0 saturated heterocycles. The molecular formula is C22H34O2. The largest absolute Gasteiger partial charge is 0.481 e. The fourth-order valence-corrected chi connectivity index (χ4v) is 2.08. The minimum atomic E-state index is -0.690. The van der Waals surface area contributed by atoms with Gasteiger partial charge in [-0.2, -0.15) is 0 Å². The van der Waals surface area contributed by atoms with E-state index in [4.69, 9.17) is 5.11 Å². The number of carboxylic acid groups (broad SMARTS) is 1. The number of unbranched alkanes of at least 4 members (excludes halogenated alkanes) is 3. The van der Waals surface area contributed by atoms with Gasteiger partial charge in [0.2, 0.25) is 0 Å². The average Bonchev–Trinajstić information content (AvgIpc) is 2.56. The minimum Gasteiger partial charge on any atom is -0.481 e. The number of hydrogen-bond donors (Lipinski definition) is 1. The molecule has 0 fully saturated rings. The van der Waals surface area contributed by atoms with Gasteiger partial charge in [-0.1, -0.05) is 74.1 Å². The predicted molar refractivity (Wildman–Crippen MR) is 105 cm³/mol. The molecule has 0 aliphatic carbocycles. The van der Waals surface area contributed by atoms with Crippen molar-refractivity contribution in [1.82, 2.24) is 0 Å². The van der Waals surface area contributed by atoms with E-state index >= 15 is 0 Å². The monoisotopic (exact) mass is 330 g/mol. The second kappa shape index (κ2) is 19.2. The Kier molecular flexibility index (Phi) is 17.8. The lowest BCUT2D eigenvalue weighted by atomic mass is 10.1. The molecule has 0 heterocycles. The van der Waals surface area contributed by atoms with Crippen LogP contribution in [0.2, 0.25) is 0 Å². The zero-order chi connectivity index (χ0) is 17.7. The molecular weight excluding hydrogens is 296 g/mol. The smallest absolute Gasteiger partial charge is 0.303 e. The van der Waals surface area contributed by atoms with Crippen molar-refractivity contribution in [2.75, 3.05) is 0 Å². The molecule has 0 aromatic heterocycles. The first-order valence-corrected chi connectivity index (χ1v) is 9.24. The number of rotatable bonds is 15. The quantitative estimate of drug-likeness (QED) is 0.265. The SMILES string of the molecule is CC/C=C\C/C=C/C/C=C/C/C=C\C/C=C/CCCCCC(=O)O. The highest BCUT2D eigenvalue weighted by Crippen LogP contribution is 2.04. The summed E-state index contributed by atoms with van der Waals surface area (Å²) < 4.78 is 0. The van der Waals surface area contributed by atoms with Crippen LogP contribution in [0, 0.1) is 0 Å². The number of aliphatic carboxylic acids is 1. The van der Waals surface area contributed by atoms with Crippen LogP contribution in [0.25, 0.3) is 0 Å². The van der Waals surface area contributed by atoms with Gasteiger partial charge >= 0.3 is 5.97 Å². The zero-order valence-corrected chi connectivity index (χ0v) is 15.2. The standard InChI is InChI=1S/C22H34O2/c1-2-3-4-5-6-7-8-9-10-11-12-13-14-15-16-17-18-19-20-21-22(23)24/h3-4,6-7,9-10,12-13,15-16H,2,5,8,11,14,17-21H2,1H3,(H,23,24)/b4-3-,7-6+,10-9+,13-12-,16-15+. The Bertz CT molecular complexity index is 425. The van der Waals surface area contributed by atoms with Crippen LogP contribution in [0.5, 0.6) is 0 Å². The molecule has 2 heteroatoms. The van der Waals surface area contributed by atoms with E-state index in [9.17, 15) is 4.79 Å². The molecule has 0 aliphatic rings. The van der Waals surface area contributed by atoms with Gasteiger partial charge in [0.25, 0.3) is 0 Å². The van der Waals surface area contributed by atoms with Gasteiger partial charge in [0.1, 0.15) is 0 Å². The van der Waals surface area contributed by atoms with Crippen molar-refractivity contribution in [1.29, 1.82) is 0 Å². The highest BCUT2D eigenvalue weighted by Gasteiger charge is 1.94. The molecule has 0 rings (SSSR count). The predicted octanol–water partition coefficient (Wildman–Crippen LogP) is 6.77. The molecule has 134 valence electrons. The number of carbonyl (C=O) groups is 1. The molecule has 0 bridgehead atoms. The van der Waals surface area contributed by atoms with Gasteiger partial charge in [-0.25, -0.2) is 0 Å². The highest BCUT2D eigenvalue weighted by molar-refractivity contribution is 5.66. The summed E-state index contributed by atoms with van der Waals surface area (Å²) >= 11 is 0. The van der Waals surface area contributed by atoms with E-state index in [0.717, 1.165) is 57.8 Å². The summed E-state index contributed by atoms with van der Waals surface area (Å²) in [4.78, 5) is 10.3. The van der Waals surface area contributed by atoms with Crippen LogP contribution in [-0.4, -0.2) is 11.1 Å². The van der Waals surface area contributed by atoms with Crippen LogP contribution >= 0.6 is 0 Å². The summed E-state index contributed by atoms with van der Waals surface area (Å²) in [6.07, 6.45) is 31.3. The van der Waals surface area contributed by atoms with Crippen LogP contribution < -0.4 is 0 Å². The lowest BCUT2D eigenvalue weighted by Gasteiger charge is -1.94. The fraction of sp³-hybridized carbons (Fsp3) is 0.500. The summed E-state index contributed by atoms with van der Waals surface area (Å²) in [5.41, 5.74) is 0. The maximum Gasteiger partial charge on any atom is 0.303 e. The van der Waals surface area contributed by atoms with Crippen LogP contribution in [0.4, 0.5) is 0 Å². The van der Waals surface area contributed by atoms with E-state index in [-0.39, 0.29) is 0 Å². The topological polar surface area (TPSA) is 37.3 Å². The third-order valence-corrected chi connectivity index (χ3v) is 3.42. The van der Waals surface area contributed by atoms with Gasteiger partial charge in [-0.05, 0) is 51.4 Å². The van der Waals surface area contributed by atoms with Crippen molar-refractivity contribution in [3.8, 4) is 0 Å². The van der Waals surface area contributed by atoms with Crippen molar-refractivity contribution in [3.05, 3.63) is 60.8 Å². The van der Waals surface area contributed by atoms with E-state index in [0.29, 0.717) is 6.42 Å². The van der Waals surface area contributed by atoms with E-state index < -0.39 is 5.97 Å². The molecule has 1 N–H and O–H groups in total. The van der Waals surface area contributed by atoms with Crippen LogP contribution in [0.3, 0.4) is 0 Å². The molecule has 0 unspecified atom stereocenters. The first kappa shape index (κ1) is 22.2. The normalized spacial score (nSPS) is 12.7. The van der Waals surface area contributed by atoms with E-state index in [1.54, 1.807) is 0 Å². The Balaban J connectivity index is 3.42. The molecule has 0 saturated carbocycles. The molecule has 0 aromatic carbocycles. The van der Waals surface area contributed by atoms with E-state index in [1.807, 2.05) is 0 Å². The molecule has 24 heavy (non-hydrogen) atoms. The molecule has 0 aliphatic heterocycles. The Morgan fingerprint density at radius 3 is 1.58 bits per heavy atom. The van der Waals surface area contributed by atoms with Gasteiger partial charge in [0.05, 0.1) is 0 Å². The first-order chi connectivity index (χ1) is 11.8. The van der Waals surface area contributed by atoms with Crippen molar-refractivity contribution >= 4 is 5.97 Å². The van der Waals surface area contributed by atoms with Gasteiger partial charge in [0.15, 0.2) is 0 Å². The van der Waals surface area contributed by atoms with Crippen LogP contribution in [0.15, 0.2) is 60.8 Å². The number of carboxylic acids is 1. The lowest BCUT2D eigenvalue weighted by Crippen LogP contribution is -1.93. The third-order valence-electron chi connectivity index (χ3n) is 3.42. The van der Waals surface area contributed by atoms with E-state index in [1.165, 1.54) is 0 Å². The number of hydrogen-bond acceptors (Lipinski definition) is 1. The Labute approximate surface area is 148 Å². The van der Waals surface area contributed by atoms with Gasteiger partial charge in [0, 0.05) is 6.42 Å². The maximum absolute atomic E-state index is 10.3. The first-order valence-electron chi connectivity index (χ1n) is 9.24. The third kappa shape index (κ3) is 20.2. The molecule has 2 nitrogen and oxygen atoms in total. The van der Waals surface area contributed by atoms with Gasteiger partial charge < -0.3 is 5.11 Å². The maximum atomic E-state index is 10.3. The average molecular weight is 331 g/mol. The van der Waals surface area contributed by atoms with Crippen LogP contribution in [-0.2, 0) is 4.79 Å². The molecule has 0 atom stereocenters. The summed E-state index contributed by atoms with van der Waals surface area (Å²) in [5.74, 6) is -0.690. The van der Waals surface area contributed by atoms with Crippen molar-refractivity contribution in [2.24, 2.45) is 0 Å². The molecule has 0 spiro atoms. The lowest BCUT2D eigenvalue weighted by molar-refractivity contribution is -0.137. The van der Waals surface area contributed by atoms with E-state index in [2.05, 4.69) is 67.7 Å². The van der Waals surface area contributed by atoms with Gasteiger partial charge in [-0.15, -0.1) is 0 Å². The summed E-state index contributed by atoms with van der Waals surface area (Å²) in [6.45, 7) is 2.15. The van der Waals surface area contributed by atoms with Crippen molar-refractivity contribution < 1.29 is 9.90 Å². The summed E-state index contributed by atoms with van der Waals surface area (Å²) in [5, 5.41) is 8.52. The highest BCUT2D eigenvalue weighted by atomic mass is 16.4. The summed E-state index contributed by atoms with van der Waals surface area (Å²) in [7, 11) is 0. The molecule has 0 radical (unpaired) electrons. The molecule has 0 amide bonds. The van der Waals surface area contributed by atoms with Crippen molar-refractivity contribution in [3.63, 3.8) is 0 Å². The number of allylic oxidation sites excluding steroid dienone is 10. The second-order valence-corrected chi connectivity index (χ2v) is 5.70. The van der Waals surface area contributed by atoms with Gasteiger partial charge in [-0.3, -0.25) is 4.79 Å². The fourth-order valence-electron chi connectivity index (χ4n) is 2.08. The Hall–Kier alpha value is -1.83. The Morgan fingerprint density at radius 1 is 0.667 bits per heavy atom. The minimum absolute atomic E-state index is 0.297. The zero-order valence-electron chi connectivity index (χ0n) is 15.2.